The van der Waals surface area contributed by atoms with Crippen LogP contribution in [0.5, 0.6) is 0 Å². The van der Waals surface area contributed by atoms with Gasteiger partial charge in [0.05, 0.1) is 0 Å². The fraction of sp³-hybridized carbons (Fsp3) is 0.643. The fourth-order valence-electron chi connectivity index (χ4n) is 2.42. The molecule has 0 unspecified atom stereocenters. The van der Waals surface area contributed by atoms with Crippen LogP contribution in [0.2, 0.25) is 0 Å². The molecule has 0 aliphatic heterocycles. The molecule has 3 nitrogen and oxygen atoms in total. The summed E-state index contributed by atoms with van der Waals surface area (Å²) in [6, 6.07) is 2.44. The highest BCUT2D eigenvalue weighted by molar-refractivity contribution is 5.48. The molecule has 0 bridgehead atoms. The van der Waals surface area contributed by atoms with E-state index >= 15 is 0 Å². The number of anilines is 1. The molecule has 2 N–H and O–H groups in total. The average molecular weight is 287 g/mol. The maximum Gasteiger partial charge on any atom is 0.433 e. The fourth-order valence-corrected chi connectivity index (χ4v) is 2.42. The number of nitrogens with zero attached hydrogens (tertiary/aromatic N) is 2. The van der Waals surface area contributed by atoms with Gasteiger partial charge in [0.2, 0.25) is 0 Å². The molecule has 20 heavy (non-hydrogen) atoms. The van der Waals surface area contributed by atoms with Gasteiger partial charge in [0.25, 0.3) is 0 Å². The quantitative estimate of drug-likeness (QED) is 0.904. The summed E-state index contributed by atoms with van der Waals surface area (Å²) in [5.74, 6) is 0.952. The molecule has 112 valence electrons. The van der Waals surface area contributed by atoms with Crippen LogP contribution in [-0.4, -0.2) is 18.1 Å². The Kier molecular flexibility index (Phi) is 4.52. The Hall–Kier alpha value is -1.30. The van der Waals surface area contributed by atoms with Crippen molar-refractivity contribution in [2.45, 2.75) is 38.9 Å². The van der Waals surface area contributed by atoms with Crippen molar-refractivity contribution in [2.75, 3.05) is 18.0 Å². The Bertz CT molecular complexity index is 455. The van der Waals surface area contributed by atoms with Crippen LogP contribution < -0.4 is 10.6 Å². The third-order valence-electron chi connectivity index (χ3n) is 3.85. The van der Waals surface area contributed by atoms with Crippen LogP contribution in [0, 0.1) is 5.92 Å². The van der Waals surface area contributed by atoms with Crippen LogP contribution in [-0.2, 0) is 12.7 Å². The number of hydrogen-bond donors (Lipinski definition) is 1. The summed E-state index contributed by atoms with van der Waals surface area (Å²) in [6.45, 7) is 3.53. The molecular formula is C14H20F3N3. The van der Waals surface area contributed by atoms with Crippen molar-refractivity contribution in [1.29, 1.82) is 0 Å². The lowest BCUT2D eigenvalue weighted by atomic mass is 9.85. The second-order valence-corrected chi connectivity index (χ2v) is 5.22. The summed E-state index contributed by atoms with van der Waals surface area (Å²) in [7, 11) is 0. The SMILES string of the molecule is CCN(CC1CCC1)c1nc(C(F)(F)F)ccc1CN. The molecule has 0 amide bonds. The first-order valence-corrected chi connectivity index (χ1v) is 6.97. The van der Waals surface area contributed by atoms with Crippen LogP contribution in [0.25, 0.3) is 0 Å². The number of rotatable bonds is 5. The number of nitrogens with two attached hydrogens (primary N) is 1. The molecule has 1 heterocycles. The second kappa shape index (κ2) is 5.99. The lowest BCUT2D eigenvalue weighted by Crippen LogP contribution is -2.34. The summed E-state index contributed by atoms with van der Waals surface area (Å²) in [5.41, 5.74) is 5.45. The molecule has 1 fully saturated rings. The Morgan fingerprint density at radius 1 is 1.35 bits per heavy atom. The van der Waals surface area contributed by atoms with Gasteiger partial charge in [-0.3, -0.25) is 0 Å². The van der Waals surface area contributed by atoms with Gasteiger partial charge in [-0.15, -0.1) is 0 Å². The largest absolute Gasteiger partial charge is 0.433 e. The summed E-state index contributed by atoms with van der Waals surface area (Å²) in [6.07, 6.45) is -0.916. The van der Waals surface area contributed by atoms with Crippen molar-refractivity contribution in [3.8, 4) is 0 Å². The zero-order valence-electron chi connectivity index (χ0n) is 11.6. The summed E-state index contributed by atoms with van der Waals surface area (Å²) in [5, 5.41) is 0. The van der Waals surface area contributed by atoms with E-state index < -0.39 is 11.9 Å². The van der Waals surface area contributed by atoms with Crippen molar-refractivity contribution in [3.63, 3.8) is 0 Å². The van der Waals surface area contributed by atoms with E-state index in [0.717, 1.165) is 25.5 Å². The maximum atomic E-state index is 12.8. The van der Waals surface area contributed by atoms with E-state index in [4.69, 9.17) is 5.73 Å². The highest BCUT2D eigenvalue weighted by atomic mass is 19.4. The minimum Gasteiger partial charge on any atom is -0.356 e. The normalized spacial score (nSPS) is 16.1. The monoisotopic (exact) mass is 287 g/mol. The Morgan fingerprint density at radius 2 is 2.05 bits per heavy atom. The van der Waals surface area contributed by atoms with Crippen LogP contribution in [0.4, 0.5) is 19.0 Å². The lowest BCUT2D eigenvalue weighted by molar-refractivity contribution is -0.141. The molecule has 1 aromatic heterocycles. The predicted molar refractivity (Wildman–Crippen MR) is 72.4 cm³/mol. The minimum absolute atomic E-state index is 0.196. The van der Waals surface area contributed by atoms with E-state index in [1.54, 1.807) is 0 Å². The molecule has 1 aliphatic carbocycles. The van der Waals surface area contributed by atoms with Gasteiger partial charge in [0, 0.05) is 25.2 Å². The van der Waals surface area contributed by atoms with E-state index in [1.165, 1.54) is 12.5 Å². The minimum atomic E-state index is -4.42. The molecule has 1 aromatic rings. The van der Waals surface area contributed by atoms with Crippen molar-refractivity contribution in [3.05, 3.63) is 23.4 Å². The summed E-state index contributed by atoms with van der Waals surface area (Å²) >= 11 is 0. The third-order valence-corrected chi connectivity index (χ3v) is 3.85. The average Bonchev–Trinajstić information content (AvgIpc) is 2.36. The topological polar surface area (TPSA) is 42.2 Å². The van der Waals surface area contributed by atoms with Crippen LogP contribution in [0.3, 0.4) is 0 Å². The van der Waals surface area contributed by atoms with E-state index in [0.29, 0.717) is 23.8 Å². The molecule has 1 saturated carbocycles. The zero-order valence-corrected chi connectivity index (χ0v) is 11.6. The van der Waals surface area contributed by atoms with Gasteiger partial charge < -0.3 is 10.6 Å². The van der Waals surface area contributed by atoms with Gasteiger partial charge in [-0.25, -0.2) is 4.98 Å². The van der Waals surface area contributed by atoms with Gasteiger partial charge in [-0.1, -0.05) is 12.5 Å². The van der Waals surface area contributed by atoms with E-state index in [9.17, 15) is 13.2 Å². The zero-order chi connectivity index (χ0) is 14.8. The summed E-state index contributed by atoms with van der Waals surface area (Å²) < 4.78 is 38.4. The van der Waals surface area contributed by atoms with E-state index in [1.807, 2.05) is 11.8 Å². The molecule has 2 rings (SSSR count). The Balaban J connectivity index is 2.29. The van der Waals surface area contributed by atoms with Crippen molar-refractivity contribution < 1.29 is 13.2 Å². The predicted octanol–water partition coefficient (Wildman–Crippen LogP) is 3.19. The van der Waals surface area contributed by atoms with Crippen LogP contribution in [0.15, 0.2) is 12.1 Å². The Morgan fingerprint density at radius 3 is 2.50 bits per heavy atom. The molecule has 0 aromatic carbocycles. The highest BCUT2D eigenvalue weighted by Gasteiger charge is 2.33. The Labute approximate surface area is 117 Å². The first-order valence-electron chi connectivity index (χ1n) is 6.97. The maximum absolute atomic E-state index is 12.8. The second-order valence-electron chi connectivity index (χ2n) is 5.22. The van der Waals surface area contributed by atoms with Crippen LogP contribution in [0.1, 0.15) is 37.4 Å². The molecule has 0 spiro atoms. The first-order chi connectivity index (χ1) is 9.45. The number of hydrogen-bond acceptors (Lipinski definition) is 3. The third kappa shape index (κ3) is 3.23. The first kappa shape index (κ1) is 15.1. The number of halogens is 3. The van der Waals surface area contributed by atoms with Gasteiger partial charge in [-0.05, 0) is 31.7 Å². The van der Waals surface area contributed by atoms with Gasteiger partial charge >= 0.3 is 6.18 Å². The standard InChI is InChI=1S/C14H20F3N3/c1-2-20(9-10-4-3-5-10)13-11(8-18)6-7-12(19-13)14(15,16)17/h6-7,10H,2-5,8-9,18H2,1H3. The van der Waals surface area contributed by atoms with Crippen molar-refractivity contribution in [1.82, 2.24) is 4.98 Å². The van der Waals surface area contributed by atoms with Crippen molar-refractivity contribution >= 4 is 5.82 Å². The number of alkyl halides is 3. The molecule has 0 radical (unpaired) electrons. The molecule has 0 saturated heterocycles. The van der Waals surface area contributed by atoms with Gasteiger partial charge in [0.15, 0.2) is 0 Å². The van der Waals surface area contributed by atoms with Gasteiger partial charge in [-0.2, -0.15) is 13.2 Å². The molecular weight excluding hydrogens is 267 g/mol. The van der Waals surface area contributed by atoms with E-state index in [2.05, 4.69) is 4.98 Å². The van der Waals surface area contributed by atoms with Crippen molar-refractivity contribution in [2.24, 2.45) is 11.7 Å². The van der Waals surface area contributed by atoms with Crippen LogP contribution >= 0.6 is 0 Å². The lowest BCUT2D eigenvalue weighted by Gasteiger charge is -2.33. The summed E-state index contributed by atoms with van der Waals surface area (Å²) in [4.78, 5) is 5.74. The number of aromatic nitrogens is 1. The number of pyridine rings is 1. The van der Waals surface area contributed by atoms with E-state index in [-0.39, 0.29) is 6.54 Å². The molecule has 0 atom stereocenters. The van der Waals surface area contributed by atoms with Gasteiger partial charge in [0.1, 0.15) is 11.5 Å². The molecule has 6 heteroatoms. The molecule has 1 aliphatic rings. The smallest absolute Gasteiger partial charge is 0.356 e. The highest BCUT2D eigenvalue weighted by Crippen LogP contribution is 2.32.